The summed E-state index contributed by atoms with van der Waals surface area (Å²) >= 11 is 0. The van der Waals surface area contributed by atoms with Gasteiger partial charge in [-0.25, -0.2) is 0 Å². The summed E-state index contributed by atoms with van der Waals surface area (Å²) in [6.07, 6.45) is 7.71. The minimum absolute atomic E-state index is 0.520. The number of rotatable bonds is 0. The van der Waals surface area contributed by atoms with E-state index in [1.165, 1.54) is 5.57 Å². The summed E-state index contributed by atoms with van der Waals surface area (Å²) in [5.41, 5.74) is 5.28. The van der Waals surface area contributed by atoms with Crippen LogP contribution < -0.4 is 5.48 Å². The standard InChI is InChI=1S/C8H10NO/c1-2-4-8-6-10-9-5-7(8)3-1/h2-4,8H,1,5-6H2. The lowest BCUT2D eigenvalue weighted by atomic mass is 9.93. The molecule has 1 atom stereocenters. The highest BCUT2D eigenvalue weighted by Gasteiger charge is 2.18. The highest BCUT2D eigenvalue weighted by atomic mass is 16.6. The van der Waals surface area contributed by atoms with E-state index in [1.807, 2.05) is 0 Å². The maximum atomic E-state index is 4.97. The molecular weight excluding hydrogens is 126 g/mol. The average Bonchev–Trinajstić information content (AvgIpc) is 2.05. The van der Waals surface area contributed by atoms with E-state index in [1.54, 1.807) is 0 Å². The van der Waals surface area contributed by atoms with Crippen LogP contribution in [-0.2, 0) is 4.84 Å². The SMILES string of the molecule is C1=CC2CO[N]CC2=CC1. The largest absolute Gasteiger partial charge is 0.281 e. The maximum Gasteiger partial charge on any atom is 0.0803 e. The zero-order chi connectivity index (χ0) is 6.81. The number of allylic oxidation sites excluding steroid dienone is 2. The van der Waals surface area contributed by atoms with Crippen LogP contribution in [-0.4, -0.2) is 13.2 Å². The highest BCUT2D eigenvalue weighted by molar-refractivity contribution is 5.21. The Morgan fingerprint density at radius 2 is 2.60 bits per heavy atom. The van der Waals surface area contributed by atoms with Crippen molar-refractivity contribution in [2.24, 2.45) is 5.92 Å². The molecule has 1 aliphatic carbocycles. The third kappa shape index (κ3) is 1.00. The Labute approximate surface area is 60.5 Å². The number of fused-ring (bicyclic) bond motifs is 1. The predicted octanol–water partition coefficient (Wildman–Crippen LogP) is 1.04. The van der Waals surface area contributed by atoms with Crippen molar-refractivity contribution in [2.75, 3.05) is 13.2 Å². The molecule has 1 saturated heterocycles. The van der Waals surface area contributed by atoms with Gasteiger partial charge in [-0.2, -0.15) is 0 Å². The molecule has 0 amide bonds. The van der Waals surface area contributed by atoms with Gasteiger partial charge in [-0.05, 0) is 12.0 Å². The summed E-state index contributed by atoms with van der Waals surface area (Å²) in [5, 5.41) is 0. The molecule has 0 aromatic heterocycles. The molecule has 1 heterocycles. The fraction of sp³-hybridized carbons (Fsp3) is 0.500. The van der Waals surface area contributed by atoms with Crippen LogP contribution in [0.15, 0.2) is 23.8 Å². The molecule has 0 bridgehead atoms. The van der Waals surface area contributed by atoms with Gasteiger partial charge < -0.3 is 0 Å². The van der Waals surface area contributed by atoms with Gasteiger partial charge >= 0.3 is 0 Å². The number of hydrogen-bond donors (Lipinski definition) is 0. The van der Waals surface area contributed by atoms with E-state index in [4.69, 9.17) is 4.84 Å². The molecule has 2 nitrogen and oxygen atoms in total. The number of hydroxylamine groups is 1. The molecule has 1 radical (unpaired) electrons. The van der Waals surface area contributed by atoms with Crippen molar-refractivity contribution in [2.45, 2.75) is 6.42 Å². The fourth-order valence-electron chi connectivity index (χ4n) is 1.33. The van der Waals surface area contributed by atoms with E-state index < -0.39 is 0 Å². The highest BCUT2D eigenvalue weighted by Crippen LogP contribution is 2.21. The first-order valence-corrected chi connectivity index (χ1v) is 3.61. The summed E-state index contributed by atoms with van der Waals surface area (Å²) in [6.45, 7) is 1.51. The second kappa shape index (κ2) is 2.56. The Morgan fingerprint density at radius 3 is 3.50 bits per heavy atom. The predicted molar refractivity (Wildman–Crippen MR) is 38.3 cm³/mol. The molecule has 2 rings (SSSR count). The lowest BCUT2D eigenvalue weighted by Gasteiger charge is -2.23. The Kier molecular flexibility index (Phi) is 1.57. The second-order valence-electron chi connectivity index (χ2n) is 2.63. The van der Waals surface area contributed by atoms with Crippen LogP contribution in [0.3, 0.4) is 0 Å². The first-order chi connectivity index (χ1) is 4.97. The van der Waals surface area contributed by atoms with Crippen molar-refractivity contribution in [1.82, 2.24) is 5.48 Å². The van der Waals surface area contributed by atoms with Gasteiger partial charge in [0.05, 0.1) is 13.2 Å². The molecule has 0 saturated carbocycles. The van der Waals surface area contributed by atoms with Crippen LogP contribution in [0.2, 0.25) is 0 Å². The summed E-state index contributed by atoms with van der Waals surface area (Å²) in [6, 6.07) is 0. The molecule has 10 heavy (non-hydrogen) atoms. The monoisotopic (exact) mass is 136 g/mol. The molecule has 0 aromatic carbocycles. The molecule has 2 heteroatoms. The van der Waals surface area contributed by atoms with Crippen LogP contribution in [0.5, 0.6) is 0 Å². The zero-order valence-corrected chi connectivity index (χ0v) is 5.79. The van der Waals surface area contributed by atoms with E-state index in [0.717, 1.165) is 19.6 Å². The summed E-state index contributed by atoms with van der Waals surface area (Å²) in [5.74, 6) is 0.520. The topological polar surface area (TPSA) is 23.3 Å². The molecular formula is C8H10NO. The van der Waals surface area contributed by atoms with Gasteiger partial charge in [0, 0.05) is 5.92 Å². The lowest BCUT2D eigenvalue weighted by molar-refractivity contribution is 0.00639. The first kappa shape index (κ1) is 6.13. The van der Waals surface area contributed by atoms with Crippen LogP contribution in [0.25, 0.3) is 0 Å². The van der Waals surface area contributed by atoms with Gasteiger partial charge in [-0.3, -0.25) is 4.84 Å². The van der Waals surface area contributed by atoms with Gasteiger partial charge in [0.25, 0.3) is 0 Å². The third-order valence-corrected chi connectivity index (χ3v) is 1.95. The molecule has 0 N–H and O–H groups in total. The molecule has 53 valence electrons. The molecule has 1 aliphatic heterocycles. The zero-order valence-electron chi connectivity index (χ0n) is 5.79. The number of nitrogens with zero attached hydrogens (tertiary/aromatic N) is 1. The van der Waals surface area contributed by atoms with E-state index in [-0.39, 0.29) is 0 Å². The second-order valence-corrected chi connectivity index (χ2v) is 2.63. The van der Waals surface area contributed by atoms with Crippen LogP contribution in [0.4, 0.5) is 0 Å². The van der Waals surface area contributed by atoms with Gasteiger partial charge in [-0.15, -0.1) is 0 Å². The van der Waals surface area contributed by atoms with E-state index in [0.29, 0.717) is 5.92 Å². The van der Waals surface area contributed by atoms with Crippen LogP contribution in [0.1, 0.15) is 6.42 Å². The van der Waals surface area contributed by atoms with Crippen molar-refractivity contribution in [3.8, 4) is 0 Å². The van der Waals surface area contributed by atoms with E-state index in [2.05, 4.69) is 23.7 Å². The summed E-state index contributed by atoms with van der Waals surface area (Å²) in [4.78, 5) is 4.97. The Bertz CT molecular complexity index is 184. The molecule has 0 spiro atoms. The summed E-state index contributed by atoms with van der Waals surface area (Å²) < 4.78 is 0. The van der Waals surface area contributed by atoms with Crippen molar-refractivity contribution >= 4 is 0 Å². The molecule has 1 fully saturated rings. The summed E-state index contributed by atoms with van der Waals surface area (Å²) in [7, 11) is 0. The molecule has 1 unspecified atom stereocenters. The molecule has 2 aliphatic rings. The Hall–Kier alpha value is -0.600. The van der Waals surface area contributed by atoms with E-state index >= 15 is 0 Å². The smallest absolute Gasteiger partial charge is 0.0803 e. The van der Waals surface area contributed by atoms with Crippen LogP contribution in [0, 0.1) is 5.92 Å². The van der Waals surface area contributed by atoms with E-state index in [9.17, 15) is 0 Å². The van der Waals surface area contributed by atoms with Gasteiger partial charge in [0.2, 0.25) is 0 Å². The van der Waals surface area contributed by atoms with Gasteiger partial charge in [-0.1, -0.05) is 23.7 Å². The minimum atomic E-state index is 0.520. The Morgan fingerprint density at radius 1 is 1.60 bits per heavy atom. The van der Waals surface area contributed by atoms with Gasteiger partial charge in [0.1, 0.15) is 0 Å². The first-order valence-electron chi connectivity index (χ1n) is 3.61. The van der Waals surface area contributed by atoms with Crippen molar-refractivity contribution < 1.29 is 4.84 Å². The van der Waals surface area contributed by atoms with Crippen LogP contribution >= 0.6 is 0 Å². The third-order valence-electron chi connectivity index (χ3n) is 1.95. The van der Waals surface area contributed by atoms with Gasteiger partial charge in [0.15, 0.2) is 0 Å². The molecule has 0 aromatic rings. The normalized spacial score (nSPS) is 31.2. The lowest BCUT2D eigenvalue weighted by Crippen LogP contribution is -2.27. The van der Waals surface area contributed by atoms with Crippen molar-refractivity contribution in [3.05, 3.63) is 23.8 Å². The Balaban J connectivity index is 2.13. The minimum Gasteiger partial charge on any atom is -0.281 e. The average molecular weight is 136 g/mol. The van der Waals surface area contributed by atoms with Crippen molar-refractivity contribution in [1.29, 1.82) is 0 Å². The maximum absolute atomic E-state index is 4.97. The number of hydrogen-bond acceptors (Lipinski definition) is 1. The fourth-order valence-corrected chi connectivity index (χ4v) is 1.33. The quantitative estimate of drug-likeness (QED) is 0.456. The van der Waals surface area contributed by atoms with Crippen molar-refractivity contribution in [3.63, 3.8) is 0 Å².